The number of halogens is 3. The van der Waals surface area contributed by atoms with Gasteiger partial charge in [-0.15, -0.1) is 0 Å². The Morgan fingerprint density at radius 1 is 0.857 bits per heavy atom. The minimum atomic E-state index is -4.63. The number of likely N-dealkylation sites (N-methyl/N-ethyl adjacent to an activating group) is 1. The average molecular weight is 483 g/mol. The van der Waals surface area contributed by atoms with Crippen molar-refractivity contribution in [1.82, 2.24) is 10.2 Å². The summed E-state index contributed by atoms with van der Waals surface area (Å²) in [7, 11) is 1.37. The van der Waals surface area contributed by atoms with Crippen LogP contribution in [-0.4, -0.2) is 36.2 Å². The van der Waals surface area contributed by atoms with Gasteiger partial charge in [0.2, 0.25) is 11.8 Å². The Kier molecular flexibility index (Phi) is 8.25. The molecule has 3 amide bonds. The maximum absolute atomic E-state index is 13.2. The molecule has 3 aromatic rings. The van der Waals surface area contributed by atoms with Gasteiger partial charge >= 0.3 is 6.18 Å². The lowest BCUT2D eigenvalue weighted by molar-refractivity contribution is -0.137. The second kappa shape index (κ2) is 11.3. The summed E-state index contributed by atoms with van der Waals surface area (Å²) in [6.45, 7) is -0.459. The van der Waals surface area contributed by atoms with Crippen molar-refractivity contribution in [3.63, 3.8) is 0 Å². The second-order valence-corrected chi connectivity index (χ2v) is 7.85. The van der Waals surface area contributed by atoms with Crippen LogP contribution >= 0.6 is 0 Å². The van der Waals surface area contributed by atoms with Crippen molar-refractivity contribution in [3.8, 4) is 0 Å². The highest BCUT2D eigenvalue weighted by Gasteiger charge is 2.33. The minimum absolute atomic E-state index is 0.147. The third kappa shape index (κ3) is 7.17. The third-order valence-corrected chi connectivity index (χ3v) is 5.24. The molecule has 0 spiro atoms. The van der Waals surface area contributed by atoms with Gasteiger partial charge in [0.1, 0.15) is 0 Å². The lowest BCUT2D eigenvalue weighted by atomic mass is 10.0. The Hall–Kier alpha value is -4.14. The Labute approximate surface area is 200 Å². The highest BCUT2D eigenvalue weighted by molar-refractivity contribution is 5.96. The molecule has 3 aromatic carbocycles. The maximum atomic E-state index is 13.2. The molecule has 0 bridgehead atoms. The van der Waals surface area contributed by atoms with Gasteiger partial charge in [0.15, 0.2) is 0 Å². The van der Waals surface area contributed by atoms with Crippen LogP contribution in [0.15, 0.2) is 84.9 Å². The van der Waals surface area contributed by atoms with Gasteiger partial charge in [-0.1, -0.05) is 60.7 Å². The van der Waals surface area contributed by atoms with E-state index in [1.807, 2.05) is 0 Å². The van der Waals surface area contributed by atoms with Crippen molar-refractivity contribution < 1.29 is 27.6 Å². The van der Waals surface area contributed by atoms with Crippen LogP contribution < -0.4 is 10.6 Å². The van der Waals surface area contributed by atoms with Crippen molar-refractivity contribution >= 4 is 23.4 Å². The van der Waals surface area contributed by atoms with Crippen molar-refractivity contribution in [3.05, 3.63) is 102 Å². The Balaban J connectivity index is 1.67. The molecule has 0 aliphatic rings. The van der Waals surface area contributed by atoms with Crippen molar-refractivity contribution in [2.75, 3.05) is 18.9 Å². The first-order chi connectivity index (χ1) is 16.6. The second-order valence-electron chi connectivity index (χ2n) is 7.85. The lowest BCUT2D eigenvalue weighted by Crippen LogP contribution is -2.38. The van der Waals surface area contributed by atoms with Crippen molar-refractivity contribution in [1.29, 1.82) is 0 Å². The molecule has 3 rings (SSSR count). The summed E-state index contributed by atoms with van der Waals surface area (Å²) in [4.78, 5) is 39.0. The predicted octanol–water partition coefficient (Wildman–Crippen LogP) is 4.66. The minimum Gasteiger partial charge on any atom is -0.345 e. The van der Waals surface area contributed by atoms with E-state index in [-0.39, 0.29) is 18.0 Å². The lowest BCUT2D eigenvalue weighted by Gasteiger charge is -2.23. The van der Waals surface area contributed by atoms with Gasteiger partial charge < -0.3 is 15.5 Å². The number of carbonyl (C=O) groups excluding carboxylic acids is 3. The molecule has 2 N–H and O–H groups in total. The van der Waals surface area contributed by atoms with E-state index in [4.69, 9.17) is 0 Å². The van der Waals surface area contributed by atoms with Crippen LogP contribution in [0.2, 0.25) is 0 Å². The Bertz CT molecular complexity index is 1170. The van der Waals surface area contributed by atoms with Crippen LogP contribution in [0.4, 0.5) is 18.9 Å². The smallest absolute Gasteiger partial charge is 0.345 e. The first kappa shape index (κ1) is 25.5. The molecule has 35 heavy (non-hydrogen) atoms. The molecule has 0 aliphatic carbocycles. The molecule has 0 heterocycles. The molecule has 0 saturated carbocycles. The van der Waals surface area contributed by atoms with Crippen molar-refractivity contribution in [2.45, 2.75) is 18.6 Å². The summed E-state index contributed by atoms with van der Waals surface area (Å²) in [6, 6.07) is 21.3. The monoisotopic (exact) mass is 483 g/mol. The zero-order valence-electron chi connectivity index (χ0n) is 18.9. The first-order valence-corrected chi connectivity index (χ1v) is 10.8. The zero-order chi connectivity index (χ0) is 25.4. The largest absolute Gasteiger partial charge is 0.418 e. The Morgan fingerprint density at radius 3 is 2.06 bits per heavy atom. The highest BCUT2D eigenvalue weighted by Crippen LogP contribution is 2.34. The fourth-order valence-electron chi connectivity index (χ4n) is 3.43. The van der Waals surface area contributed by atoms with Crippen LogP contribution in [-0.2, 0) is 15.8 Å². The number of carbonyl (C=O) groups is 3. The molecule has 6 nitrogen and oxygen atoms in total. The molecule has 0 saturated heterocycles. The third-order valence-electron chi connectivity index (χ3n) is 5.24. The summed E-state index contributed by atoms with van der Waals surface area (Å²) >= 11 is 0. The standard InChI is InChI=1S/C26H24F3N3O3/c1-32(17-23(33)30-21-15-9-8-14-20(21)26(27,28)29)24(34)16-22(18-10-4-2-5-11-18)31-25(35)19-12-6-3-7-13-19/h2-15,22H,16-17H2,1H3,(H,30,33)(H,31,35)/t22-/m0/s1. The maximum Gasteiger partial charge on any atom is 0.418 e. The molecular formula is C26H24F3N3O3. The van der Waals surface area contributed by atoms with E-state index >= 15 is 0 Å². The fraction of sp³-hybridized carbons (Fsp3) is 0.192. The van der Waals surface area contributed by atoms with E-state index in [0.717, 1.165) is 17.0 Å². The molecule has 182 valence electrons. The molecule has 1 atom stereocenters. The van der Waals surface area contributed by atoms with Crippen LogP contribution in [0.5, 0.6) is 0 Å². The van der Waals surface area contributed by atoms with E-state index in [1.54, 1.807) is 60.7 Å². The van der Waals surface area contributed by atoms with Gasteiger partial charge in [-0.3, -0.25) is 14.4 Å². The van der Waals surface area contributed by atoms with E-state index in [1.165, 1.54) is 19.2 Å². The normalized spacial score (nSPS) is 11.9. The summed E-state index contributed by atoms with van der Waals surface area (Å²) in [5, 5.41) is 5.06. The summed E-state index contributed by atoms with van der Waals surface area (Å²) < 4.78 is 39.5. The topological polar surface area (TPSA) is 78.5 Å². The van der Waals surface area contributed by atoms with E-state index in [0.29, 0.717) is 11.1 Å². The average Bonchev–Trinajstić information content (AvgIpc) is 2.84. The molecule has 0 radical (unpaired) electrons. The van der Waals surface area contributed by atoms with Crippen LogP contribution in [0.3, 0.4) is 0 Å². The number of hydrogen-bond acceptors (Lipinski definition) is 3. The van der Waals surface area contributed by atoms with Gasteiger partial charge in [-0.2, -0.15) is 13.2 Å². The highest BCUT2D eigenvalue weighted by atomic mass is 19.4. The van der Waals surface area contributed by atoms with Crippen LogP contribution in [0, 0.1) is 0 Å². The number of nitrogens with one attached hydrogen (secondary N) is 2. The number of anilines is 1. The van der Waals surface area contributed by atoms with Gasteiger partial charge in [-0.05, 0) is 29.8 Å². The number of rotatable bonds is 8. The number of nitrogens with zero attached hydrogens (tertiary/aromatic N) is 1. The SMILES string of the molecule is CN(CC(=O)Nc1ccccc1C(F)(F)F)C(=O)C[C@H](NC(=O)c1ccccc1)c1ccccc1. The van der Waals surface area contributed by atoms with E-state index in [9.17, 15) is 27.6 Å². The van der Waals surface area contributed by atoms with Crippen LogP contribution in [0.1, 0.15) is 33.9 Å². The molecule has 0 unspecified atom stereocenters. The predicted molar refractivity (Wildman–Crippen MR) is 125 cm³/mol. The molecule has 9 heteroatoms. The molecule has 0 aliphatic heterocycles. The first-order valence-electron chi connectivity index (χ1n) is 10.8. The number of amides is 3. The Morgan fingerprint density at radius 2 is 1.43 bits per heavy atom. The van der Waals surface area contributed by atoms with Crippen LogP contribution in [0.25, 0.3) is 0 Å². The quantitative estimate of drug-likeness (QED) is 0.489. The summed E-state index contributed by atoms with van der Waals surface area (Å²) in [5.74, 6) is -1.61. The van der Waals surface area contributed by atoms with Gasteiger partial charge in [-0.25, -0.2) is 0 Å². The van der Waals surface area contributed by atoms with E-state index in [2.05, 4.69) is 10.6 Å². The van der Waals surface area contributed by atoms with Crippen molar-refractivity contribution in [2.24, 2.45) is 0 Å². The molecule has 0 aromatic heterocycles. The fourth-order valence-corrected chi connectivity index (χ4v) is 3.43. The number of hydrogen-bond donors (Lipinski definition) is 2. The molecule has 0 fully saturated rings. The number of para-hydroxylation sites is 1. The van der Waals surface area contributed by atoms with Gasteiger partial charge in [0.25, 0.3) is 5.91 Å². The van der Waals surface area contributed by atoms with E-state index < -0.39 is 36.1 Å². The van der Waals surface area contributed by atoms with Gasteiger partial charge in [0.05, 0.1) is 30.3 Å². The molecular weight excluding hydrogens is 459 g/mol. The zero-order valence-corrected chi connectivity index (χ0v) is 18.9. The number of benzene rings is 3. The van der Waals surface area contributed by atoms with Gasteiger partial charge in [0, 0.05) is 12.6 Å². The summed E-state index contributed by atoms with van der Waals surface area (Å²) in [5.41, 5.74) is -0.239. The summed E-state index contributed by atoms with van der Waals surface area (Å²) in [6.07, 6.45) is -4.78. The number of alkyl halides is 3.